The number of carbonyl (C=O) groups is 3. The third-order valence-corrected chi connectivity index (χ3v) is 14.0. The van der Waals surface area contributed by atoms with Crippen molar-refractivity contribution in [2.75, 3.05) is 55.7 Å². The highest BCUT2D eigenvalue weighted by Crippen LogP contribution is 2.54. The Hall–Kier alpha value is -4.77. The maximum absolute atomic E-state index is 13.6. The summed E-state index contributed by atoms with van der Waals surface area (Å²) < 4.78 is 17.7. The van der Waals surface area contributed by atoms with Crippen molar-refractivity contribution in [2.24, 2.45) is 7.05 Å². The molecule has 2 aromatic carbocycles. The monoisotopic (exact) mass is 840 g/mol. The molecule has 60 heavy (non-hydrogen) atoms. The number of benzene rings is 2. The smallest absolute Gasteiger partial charge is 0.236 e. The van der Waals surface area contributed by atoms with Gasteiger partial charge in [0, 0.05) is 69.9 Å². The van der Waals surface area contributed by atoms with E-state index < -0.39 is 11.0 Å². The third-order valence-electron chi connectivity index (χ3n) is 12.5. The van der Waals surface area contributed by atoms with Gasteiger partial charge < -0.3 is 31.2 Å². The number of para-hydroxylation sites is 1. The lowest BCUT2D eigenvalue weighted by molar-refractivity contribution is -0.118. The Balaban J connectivity index is 0.000000333. The van der Waals surface area contributed by atoms with Gasteiger partial charge in [0.25, 0.3) is 0 Å². The standard InChI is InChI=1S/C34H41N9O2S.C6H12O.C4H7NO2/c1-35-30-27-8-4-7-26(29(27)41(2)40-30)23-9-15-42(16-10-23)21-22-5-3-6-25(19-22)46(45)43-17-11-24(12-18-43)37-33-36-20-28-31(39-33)38-32(44)34(28)13-14-34;7-6-4-2-1-3-5-6;6-3-1-2-5-4-7/h3-8,19-20,23-24H,9-18,21H2,1-2H3,(H,35,40)(H2,36,37,38,39,44);6-7H,1-5H2;3-4H,1-2H2,(H,5,7). The first-order valence-corrected chi connectivity index (χ1v) is 22.7. The van der Waals surface area contributed by atoms with Gasteiger partial charge in [-0.15, -0.1) is 0 Å². The van der Waals surface area contributed by atoms with Crippen molar-refractivity contribution in [3.63, 3.8) is 0 Å². The molecule has 9 rings (SSSR count). The van der Waals surface area contributed by atoms with Crippen molar-refractivity contribution in [3.8, 4) is 0 Å². The molecule has 2 saturated carbocycles. The zero-order valence-corrected chi connectivity index (χ0v) is 35.7. The molecule has 2 amide bonds. The van der Waals surface area contributed by atoms with E-state index in [4.69, 9.17) is 5.11 Å². The van der Waals surface area contributed by atoms with E-state index in [2.05, 4.69) is 75.9 Å². The molecule has 15 nitrogen and oxygen atoms in total. The number of piperidine rings is 2. The van der Waals surface area contributed by atoms with Crippen LogP contribution in [0.15, 0.2) is 53.6 Å². The molecular formula is C44H60N10O5S. The summed E-state index contributed by atoms with van der Waals surface area (Å²) >= 11 is 0. The van der Waals surface area contributed by atoms with Gasteiger partial charge in [0.1, 0.15) is 23.1 Å². The van der Waals surface area contributed by atoms with Crippen LogP contribution in [0.2, 0.25) is 0 Å². The van der Waals surface area contributed by atoms with Crippen LogP contribution >= 0.6 is 0 Å². The van der Waals surface area contributed by atoms with Crippen LogP contribution in [0.5, 0.6) is 0 Å². The summed E-state index contributed by atoms with van der Waals surface area (Å²) in [4.78, 5) is 43.8. The van der Waals surface area contributed by atoms with E-state index in [0.29, 0.717) is 37.1 Å². The van der Waals surface area contributed by atoms with Gasteiger partial charge in [0.2, 0.25) is 18.3 Å². The molecule has 0 radical (unpaired) electrons. The van der Waals surface area contributed by atoms with Crippen LogP contribution in [0.1, 0.15) is 99.7 Å². The maximum Gasteiger partial charge on any atom is 0.236 e. The van der Waals surface area contributed by atoms with Gasteiger partial charge in [0.15, 0.2) is 5.82 Å². The van der Waals surface area contributed by atoms with Crippen molar-refractivity contribution in [1.29, 1.82) is 0 Å². The van der Waals surface area contributed by atoms with Gasteiger partial charge >= 0.3 is 0 Å². The van der Waals surface area contributed by atoms with E-state index in [1.807, 2.05) is 30.9 Å². The van der Waals surface area contributed by atoms with Crippen LogP contribution in [-0.4, -0.2) is 109 Å². The van der Waals surface area contributed by atoms with Crippen molar-refractivity contribution in [2.45, 2.75) is 112 Å². The van der Waals surface area contributed by atoms with Crippen molar-refractivity contribution < 1.29 is 23.7 Å². The Morgan fingerprint density at radius 3 is 2.40 bits per heavy atom. The summed E-state index contributed by atoms with van der Waals surface area (Å²) in [7, 11) is 2.76. The first-order valence-electron chi connectivity index (χ1n) is 21.6. The normalized spacial score (nSPS) is 19.9. The third kappa shape index (κ3) is 10.2. The number of aromatic nitrogens is 4. The Morgan fingerprint density at radius 1 is 0.983 bits per heavy atom. The van der Waals surface area contributed by atoms with Gasteiger partial charge in [-0.2, -0.15) is 10.1 Å². The highest BCUT2D eigenvalue weighted by atomic mass is 32.2. The van der Waals surface area contributed by atoms with Crippen LogP contribution in [-0.2, 0) is 44.4 Å². The highest BCUT2D eigenvalue weighted by Gasteiger charge is 2.57. The van der Waals surface area contributed by atoms with Crippen LogP contribution in [0.3, 0.4) is 0 Å². The minimum Gasteiger partial charge on any atom is -0.393 e. The lowest BCUT2D eigenvalue weighted by Gasteiger charge is -2.33. The number of hydrogen-bond donors (Lipinski definition) is 5. The van der Waals surface area contributed by atoms with Gasteiger partial charge in [0.05, 0.1) is 21.9 Å². The van der Waals surface area contributed by atoms with E-state index >= 15 is 0 Å². The number of amides is 2. The topological polar surface area (TPSA) is 187 Å². The summed E-state index contributed by atoms with van der Waals surface area (Å²) in [6.07, 6.45) is 15.1. The summed E-state index contributed by atoms with van der Waals surface area (Å²) in [5, 5.41) is 26.7. The maximum atomic E-state index is 13.6. The van der Waals surface area contributed by atoms with E-state index in [1.54, 1.807) is 6.20 Å². The SMILES string of the molecule is CNc1nn(C)c2c(C3CCN(Cc4cccc(S(=O)N5CCC(Nc6ncc7c(n6)NC(=O)C76CC6)CC5)c4)CC3)cccc12.O=CCCNC=O.OC1CCCCC1. The van der Waals surface area contributed by atoms with Crippen molar-refractivity contribution >= 4 is 58.1 Å². The van der Waals surface area contributed by atoms with Crippen LogP contribution in [0.4, 0.5) is 17.6 Å². The number of hydrogen-bond acceptors (Lipinski definition) is 11. The van der Waals surface area contributed by atoms with E-state index in [-0.39, 0.29) is 23.5 Å². The number of nitrogens with one attached hydrogen (secondary N) is 4. The molecule has 2 aliphatic carbocycles. The molecule has 2 aromatic heterocycles. The molecule has 1 unspecified atom stereocenters. The number of anilines is 3. The van der Waals surface area contributed by atoms with Gasteiger partial charge in [-0.1, -0.05) is 43.5 Å². The Labute approximate surface area is 355 Å². The Kier molecular flexibility index (Phi) is 14.6. The molecule has 16 heteroatoms. The molecule has 5 heterocycles. The summed E-state index contributed by atoms with van der Waals surface area (Å²) in [6, 6.07) is 15.1. The minimum atomic E-state index is -1.20. The fourth-order valence-electron chi connectivity index (χ4n) is 8.94. The average Bonchev–Trinajstić information content (AvgIpc) is 3.95. The molecule has 0 bridgehead atoms. The number of aryl methyl sites for hydroxylation is 1. The van der Waals surface area contributed by atoms with Gasteiger partial charge in [-0.3, -0.25) is 19.2 Å². The van der Waals surface area contributed by atoms with Gasteiger partial charge in [-0.25, -0.2) is 13.5 Å². The number of rotatable bonds is 12. The molecular weight excluding hydrogens is 781 g/mol. The number of likely N-dealkylation sites (tertiary alicyclic amines) is 1. The van der Waals surface area contributed by atoms with E-state index in [9.17, 15) is 18.6 Å². The first-order chi connectivity index (χ1) is 29.2. The summed E-state index contributed by atoms with van der Waals surface area (Å²) in [5.41, 5.74) is 4.40. The molecule has 5 N–H and O–H groups in total. The molecule has 4 aromatic rings. The van der Waals surface area contributed by atoms with Crippen LogP contribution < -0.4 is 21.3 Å². The predicted octanol–water partition coefficient (Wildman–Crippen LogP) is 5.00. The predicted molar refractivity (Wildman–Crippen MR) is 234 cm³/mol. The number of aliphatic hydroxyl groups is 1. The number of aldehydes is 1. The molecule has 5 aliphatic rings. The molecule has 3 aliphatic heterocycles. The lowest BCUT2D eigenvalue weighted by Crippen LogP contribution is -2.40. The zero-order chi connectivity index (χ0) is 42.1. The lowest BCUT2D eigenvalue weighted by atomic mass is 9.88. The number of fused-ring (bicyclic) bond motifs is 3. The fraction of sp³-hybridized carbons (Fsp3) is 0.545. The molecule has 2 saturated heterocycles. The Bertz CT molecular complexity index is 2110. The molecule has 1 atom stereocenters. The van der Waals surface area contributed by atoms with Crippen LogP contribution in [0, 0.1) is 0 Å². The molecule has 1 spiro atoms. The Morgan fingerprint density at radius 2 is 1.73 bits per heavy atom. The summed E-state index contributed by atoms with van der Waals surface area (Å²) in [5.74, 6) is 2.69. The summed E-state index contributed by atoms with van der Waals surface area (Å²) in [6.45, 7) is 4.84. The first kappa shape index (κ1) is 43.3. The average molecular weight is 841 g/mol. The zero-order valence-electron chi connectivity index (χ0n) is 34.9. The largest absolute Gasteiger partial charge is 0.393 e. The van der Waals surface area contributed by atoms with Gasteiger partial charge in [-0.05, 0) is 99.7 Å². The fourth-order valence-corrected chi connectivity index (χ4v) is 10.2. The highest BCUT2D eigenvalue weighted by molar-refractivity contribution is 7.82. The van der Waals surface area contributed by atoms with E-state index in [1.165, 1.54) is 41.3 Å². The molecule has 322 valence electrons. The number of aliphatic hydroxyl groups excluding tert-OH is 1. The van der Waals surface area contributed by atoms with Crippen molar-refractivity contribution in [1.82, 2.24) is 34.3 Å². The quantitative estimate of drug-likeness (QED) is 0.0955. The second kappa shape index (κ2) is 20.2. The minimum absolute atomic E-state index is 0.0359. The second-order valence-electron chi connectivity index (χ2n) is 16.6. The number of carbonyl (C=O) groups excluding carboxylic acids is 3. The van der Waals surface area contributed by atoms with E-state index in [0.717, 1.165) is 107 Å². The molecule has 4 fully saturated rings. The van der Waals surface area contributed by atoms with Crippen LogP contribution in [0.25, 0.3) is 10.9 Å². The van der Waals surface area contributed by atoms with Crippen molar-refractivity contribution in [3.05, 3.63) is 65.4 Å². The number of nitrogens with zero attached hydrogens (tertiary/aromatic N) is 6. The second-order valence-corrected chi connectivity index (χ2v) is 18.1.